The molecule has 0 aliphatic carbocycles. The van der Waals surface area contributed by atoms with Crippen LogP contribution in [-0.4, -0.2) is 30.2 Å². The summed E-state index contributed by atoms with van der Waals surface area (Å²) in [6, 6.07) is 0. The molecule has 0 aliphatic rings. The summed E-state index contributed by atoms with van der Waals surface area (Å²) in [6.07, 6.45) is 5.01. The van der Waals surface area contributed by atoms with Gasteiger partial charge in [0.2, 0.25) is 0 Å². The van der Waals surface area contributed by atoms with E-state index in [1.165, 1.54) is 0 Å². The predicted octanol–water partition coefficient (Wildman–Crippen LogP) is 3.52. The molecule has 0 bridgehead atoms. The smallest absolute Gasteiger partial charge is 0.151 e. The molecule has 24 heavy (non-hydrogen) atoms. The second-order valence-electron chi connectivity index (χ2n) is 6.39. The fourth-order valence-corrected chi connectivity index (χ4v) is 4.26. The van der Waals surface area contributed by atoms with Crippen LogP contribution in [0.3, 0.4) is 0 Å². The molecular weight excluding hydrogens is 320 g/mol. The summed E-state index contributed by atoms with van der Waals surface area (Å²) < 4.78 is 14.3. The lowest BCUT2D eigenvalue weighted by molar-refractivity contribution is 0.637. The van der Waals surface area contributed by atoms with Gasteiger partial charge in [-0.2, -0.15) is 0 Å². The van der Waals surface area contributed by atoms with Gasteiger partial charge in [0.25, 0.3) is 0 Å². The predicted molar refractivity (Wildman–Crippen MR) is 103 cm³/mol. The van der Waals surface area contributed by atoms with Gasteiger partial charge in [0, 0.05) is 41.0 Å². The number of nitrogens with two attached hydrogens (primary N) is 1. The fraction of sp³-hybridized carbons (Fsp3) is 0.667. The third-order valence-electron chi connectivity index (χ3n) is 4.43. The standard InChI is InChI=1S/C18H30N4OS/c1-5-7-11-24(23)12-8-10-22-15(9-6-2)21-16-17(22)13(3)14(4)20-18(16)19/h5-12H2,1-4H3,(H2,19,20). The van der Waals surface area contributed by atoms with Crippen LogP contribution in [0.4, 0.5) is 5.82 Å². The van der Waals surface area contributed by atoms with E-state index in [9.17, 15) is 4.21 Å². The van der Waals surface area contributed by atoms with Crippen LogP contribution in [-0.2, 0) is 23.8 Å². The molecule has 5 nitrogen and oxygen atoms in total. The van der Waals surface area contributed by atoms with Gasteiger partial charge in [-0.1, -0.05) is 20.3 Å². The maximum atomic E-state index is 12.0. The highest BCUT2D eigenvalue weighted by atomic mass is 32.2. The number of aromatic nitrogens is 3. The number of imidazole rings is 1. The second kappa shape index (κ2) is 8.60. The lowest BCUT2D eigenvalue weighted by Gasteiger charge is -2.11. The molecule has 0 fully saturated rings. The van der Waals surface area contributed by atoms with Crippen molar-refractivity contribution in [3.63, 3.8) is 0 Å². The maximum absolute atomic E-state index is 12.0. The van der Waals surface area contributed by atoms with Crippen LogP contribution in [0.1, 0.15) is 56.6 Å². The van der Waals surface area contributed by atoms with Gasteiger partial charge in [0.1, 0.15) is 11.3 Å². The number of unbranched alkanes of at least 4 members (excludes halogenated alkanes) is 1. The average Bonchev–Trinajstić information content (AvgIpc) is 2.90. The number of rotatable bonds is 9. The van der Waals surface area contributed by atoms with Gasteiger partial charge in [0.15, 0.2) is 5.82 Å². The van der Waals surface area contributed by atoms with Crippen LogP contribution in [0.15, 0.2) is 0 Å². The Hall–Kier alpha value is -1.43. The second-order valence-corrected chi connectivity index (χ2v) is 8.09. The molecule has 0 radical (unpaired) electrons. The van der Waals surface area contributed by atoms with Crippen LogP contribution in [0.2, 0.25) is 0 Å². The van der Waals surface area contributed by atoms with Crippen molar-refractivity contribution >= 4 is 27.7 Å². The Morgan fingerprint density at radius 3 is 2.46 bits per heavy atom. The van der Waals surface area contributed by atoms with E-state index < -0.39 is 10.8 Å². The summed E-state index contributed by atoms with van der Waals surface area (Å²) in [5.41, 5.74) is 10.1. The van der Waals surface area contributed by atoms with Crippen molar-refractivity contribution in [1.29, 1.82) is 0 Å². The summed E-state index contributed by atoms with van der Waals surface area (Å²) >= 11 is 0. The van der Waals surface area contributed by atoms with Crippen molar-refractivity contribution < 1.29 is 4.21 Å². The zero-order valence-electron chi connectivity index (χ0n) is 15.4. The molecule has 0 amide bonds. The largest absolute Gasteiger partial charge is 0.382 e. The molecule has 2 aromatic heterocycles. The molecule has 2 N–H and O–H groups in total. The van der Waals surface area contributed by atoms with Crippen molar-refractivity contribution in [2.45, 2.75) is 66.3 Å². The minimum absolute atomic E-state index is 0.510. The Balaban J connectivity index is 2.26. The average molecular weight is 351 g/mol. The topological polar surface area (TPSA) is 73.8 Å². The summed E-state index contributed by atoms with van der Waals surface area (Å²) in [5, 5.41) is 0. The number of hydrogen-bond donors (Lipinski definition) is 1. The third kappa shape index (κ3) is 4.15. The zero-order valence-corrected chi connectivity index (χ0v) is 16.2. The summed E-state index contributed by atoms with van der Waals surface area (Å²) in [4.78, 5) is 9.16. The molecule has 6 heteroatoms. The number of nitrogen functional groups attached to an aromatic ring is 1. The summed E-state index contributed by atoms with van der Waals surface area (Å²) in [6.45, 7) is 9.20. The quantitative estimate of drug-likeness (QED) is 0.751. The van der Waals surface area contributed by atoms with Gasteiger partial charge in [-0.05, 0) is 38.7 Å². The Kier molecular flexibility index (Phi) is 6.78. The molecule has 2 aromatic rings. The number of anilines is 1. The molecular formula is C18H30N4OS. The van der Waals surface area contributed by atoms with Crippen LogP contribution in [0.25, 0.3) is 11.0 Å². The fourth-order valence-electron chi connectivity index (χ4n) is 2.99. The van der Waals surface area contributed by atoms with E-state index in [0.29, 0.717) is 5.82 Å². The van der Waals surface area contributed by atoms with Gasteiger partial charge in [-0.15, -0.1) is 0 Å². The SMILES string of the molecule is CCCCS(=O)CCCn1c(CCC)nc2c(N)nc(C)c(C)c21. The highest BCUT2D eigenvalue weighted by Gasteiger charge is 2.17. The van der Waals surface area contributed by atoms with E-state index in [1.807, 2.05) is 6.92 Å². The lowest BCUT2D eigenvalue weighted by Crippen LogP contribution is -2.10. The number of nitrogens with zero attached hydrogens (tertiary/aromatic N) is 3. The Bertz CT molecular complexity index is 724. The van der Waals surface area contributed by atoms with Crippen LogP contribution in [0, 0.1) is 13.8 Å². The van der Waals surface area contributed by atoms with Crippen molar-refractivity contribution in [3.8, 4) is 0 Å². The number of pyridine rings is 1. The molecule has 1 atom stereocenters. The lowest BCUT2D eigenvalue weighted by atomic mass is 10.2. The molecule has 0 saturated heterocycles. The van der Waals surface area contributed by atoms with Gasteiger partial charge in [-0.3, -0.25) is 4.21 Å². The summed E-state index contributed by atoms with van der Waals surface area (Å²) in [7, 11) is -0.710. The minimum atomic E-state index is -0.710. The molecule has 134 valence electrons. The molecule has 0 spiro atoms. The van der Waals surface area contributed by atoms with E-state index in [-0.39, 0.29) is 0 Å². The van der Waals surface area contributed by atoms with E-state index in [2.05, 4.69) is 30.3 Å². The molecule has 1 unspecified atom stereocenters. The van der Waals surface area contributed by atoms with Crippen LogP contribution < -0.4 is 5.73 Å². The van der Waals surface area contributed by atoms with Crippen LogP contribution >= 0.6 is 0 Å². The number of hydrogen-bond acceptors (Lipinski definition) is 4. The molecule has 0 saturated carbocycles. The first-order valence-electron chi connectivity index (χ1n) is 8.96. The normalized spacial score (nSPS) is 12.8. The first-order valence-corrected chi connectivity index (χ1v) is 10.4. The van der Waals surface area contributed by atoms with Crippen molar-refractivity contribution in [2.24, 2.45) is 0 Å². The molecule has 0 aromatic carbocycles. The molecule has 0 aliphatic heterocycles. The Morgan fingerprint density at radius 1 is 1.08 bits per heavy atom. The van der Waals surface area contributed by atoms with E-state index in [4.69, 9.17) is 10.7 Å². The monoisotopic (exact) mass is 350 g/mol. The molecule has 2 heterocycles. The van der Waals surface area contributed by atoms with Crippen molar-refractivity contribution in [1.82, 2.24) is 14.5 Å². The first-order chi connectivity index (χ1) is 11.5. The van der Waals surface area contributed by atoms with Crippen LogP contribution in [0.5, 0.6) is 0 Å². The first kappa shape index (κ1) is 18.9. The van der Waals surface area contributed by atoms with Gasteiger partial charge in [-0.25, -0.2) is 9.97 Å². The zero-order chi connectivity index (χ0) is 17.7. The van der Waals surface area contributed by atoms with Gasteiger partial charge >= 0.3 is 0 Å². The van der Waals surface area contributed by atoms with Gasteiger partial charge in [0.05, 0.1) is 5.52 Å². The number of fused-ring (bicyclic) bond motifs is 1. The highest BCUT2D eigenvalue weighted by molar-refractivity contribution is 7.84. The third-order valence-corrected chi connectivity index (χ3v) is 5.92. The highest BCUT2D eigenvalue weighted by Crippen LogP contribution is 2.26. The number of aryl methyl sites for hydroxylation is 4. The Labute approximate surface area is 147 Å². The van der Waals surface area contributed by atoms with Gasteiger partial charge < -0.3 is 10.3 Å². The van der Waals surface area contributed by atoms with Crippen molar-refractivity contribution in [3.05, 3.63) is 17.1 Å². The van der Waals surface area contributed by atoms with E-state index >= 15 is 0 Å². The van der Waals surface area contributed by atoms with Crippen molar-refractivity contribution in [2.75, 3.05) is 17.2 Å². The summed E-state index contributed by atoms with van der Waals surface area (Å²) in [5.74, 6) is 3.15. The molecule has 2 rings (SSSR count). The van der Waals surface area contributed by atoms with E-state index in [0.717, 1.165) is 78.3 Å². The minimum Gasteiger partial charge on any atom is -0.382 e. The Morgan fingerprint density at radius 2 is 1.79 bits per heavy atom. The maximum Gasteiger partial charge on any atom is 0.151 e. The van der Waals surface area contributed by atoms with E-state index in [1.54, 1.807) is 0 Å².